The number of nitrogens with one attached hydrogen (secondary N) is 1. The number of nitrogens with zero attached hydrogens (tertiary/aromatic N) is 1. The van der Waals surface area contributed by atoms with E-state index in [0.717, 1.165) is 4.88 Å². The number of methoxy groups -OCH3 is 1. The molecule has 2 heterocycles. The van der Waals surface area contributed by atoms with E-state index in [9.17, 15) is 14.0 Å². The number of carbonyl (C=O) groups is 2. The zero-order valence-corrected chi connectivity index (χ0v) is 15.8. The van der Waals surface area contributed by atoms with Crippen molar-refractivity contribution in [2.45, 2.75) is 6.04 Å². The number of hydrogen-bond acceptors (Lipinski definition) is 4. The van der Waals surface area contributed by atoms with Gasteiger partial charge in [0.15, 0.2) is 0 Å². The summed E-state index contributed by atoms with van der Waals surface area (Å²) < 4.78 is 19.4. The van der Waals surface area contributed by atoms with Crippen molar-refractivity contribution in [3.8, 4) is 5.75 Å². The molecule has 1 atom stereocenters. The van der Waals surface area contributed by atoms with Gasteiger partial charge in [-0.15, -0.1) is 11.3 Å². The van der Waals surface area contributed by atoms with Gasteiger partial charge in [-0.05, 0) is 41.8 Å². The molecule has 0 spiro atoms. The normalized spacial score (nSPS) is 16.1. The van der Waals surface area contributed by atoms with Crippen molar-refractivity contribution in [2.24, 2.45) is 0 Å². The number of hydrogen-bond donors (Lipinski definition) is 1. The van der Waals surface area contributed by atoms with Crippen LogP contribution in [0.25, 0.3) is 0 Å². The van der Waals surface area contributed by atoms with E-state index in [1.54, 1.807) is 24.3 Å². The minimum absolute atomic E-state index is 0.157. The van der Waals surface area contributed by atoms with Crippen molar-refractivity contribution in [3.63, 3.8) is 0 Å². The largest absolute Gasteiger partial charge is 0.496 e. The van der Waals surface area contributed by atoms with Crippen molar-refractivity contribution in [2.75, 3.05) is 19.0 Å². The van der Waals surface area contributed by atoms with Crippen LogP contribution >= 0.6 is 11.3 Å². The van der Waals surface area contributed by atoms with Crippen LogP contribution in [0, 0.1) is 5.82 Å². The predicted octanol–water partition coefficient (Wildman–Crippen LogP) is 4.08. The highest BCUT2D eigenvalue weighted by molar-refractivity contribution is 7.10. The van der Waals surface area contributed by atoms with Gasteiger partial charge in [-0.3, -0.25) is 9.59 Å². The summed E-state index contributed by atoms with van der Waals surface area (Å²) >= 11 is 1.45. The summed E-state index contributed by atoms with van der Waals surface area (Å²) in [5.41, 5.74) is 1.39. The second kappa shape index (κ2) is 7.44. The summed E-state index contributed by atoms with van der Waals surface area (Å²) in [6, 6.07) is 14.2. The molecule has 4 rings (SSSR count). The topological polar surface area (TPSA) is 58.6 Å². The molecule has 28 heavy (non-hydrogen) atoms. The highest BCUT2D eigenvalue weighted by Gasteiger charge is 2.35. The Kier molecular flexibility index (Phi) is 4.83. The Balaban J connectivity index is 1.89. The molecule has 1 N–H and O–H groups in total. The van der Waals surface area contributed by atoms with Gasteiger partial charge in [-0.25, -0.2) is 4.39 Å². The fourth-order valence-electron chi connectivity index (χ4n) is 3.40. The third kappa shape index (κ3) is 3.25. The van der Waals surface area contributed by atoms with Gasteiger partial charge in [-0.2, -0.15) is 0 Å². The summed E-state index contributed by atoms with van der Waals surface area (Å²) in [4.78, 5) is 28.3. The van der Waals surface area contributed by atoms with Crippen molar-refractivity contribution < 1.29 is 18.7 Å². The van der Waals surface area contributed by atoms with E-state index >= 15 is 0 Å². The molecule has 1 aliphatic rings. The maximum absolute atomic E-state index is 14.1. The van der Waals surface area contributed by atoms with E-state index in [1.807, 2.05) is 17.5 Å². The SMILES string of the molecule is COc1ccccc1C(=O)N1CC(=O)Nc2ccc(F)cc2C1c1cccs1. The van der Waals surface area contributed by atoms with Crippen molar-refractivity contribution in [1.82, 2.24) is 4.90 Å². The van der Waals surface area contributed by atoms with Gasteiger partial charge >= 0.3 is 0 Å². The average molecular weight is 396 g/mol. The minimum atomic E-state index is -0.595. The maximum atomic E-state index is 14.1. The highest BCUT2D eigenvalue weighted by Crippen LogP contribution is 2.39. The third-order valence-electron chi connectivity index (χ3n) is 4.62. The Hall–Kier alpha value is -3.19. The predicted molar refractivity (Wildman–Crippen MR) is 105 cm³/mol. The first-order valence-electron chi connectivity index (χ1n) is 8.65. The number of carbonyl (C=O) groups excluding carboxylic acids is 2. The van der Waals surface area contributed by atoms with Crippen LogP contribution < -0.4 is 10.1 Å². The van der Waals surface area contributed by atoms with Crippen LogP contribution in [-0.4, -0.2) is 30.4 Å². The molecule has 0 radical (unpaired) electrons. The van der Waals surface area contributed by atoms with E-state index in [0.29, 0.717) is 22.6 Å². The number of amides is 2. The number of para-hydroxylation sites is 1. The highest BCUT2D eigenvalue weighted by atomic mass is 32.1. The van der Waals surface area contributed by atoms with Crippen LogP contribution in [-0.2, 0) is 4.79 Å². The van der Waals surface area contributed by atoms with Crippen LogP contribution in [0.15, 0.2) is 60.0 Å². The average Bonchev–Trinajstić information content (AvgIpc) is 3.18. The summed E-state index contributed by atoms with van der Waals surface area (Å²) in [6.07, 6.45) is 0. The Labute approximate surface area is 165 Å². The van der Waals surface area contributed by atoms with Crippen molar-refractivity contribution in [1.29, 1.82) is 0 Å². The smallest absolute Gasteiger partial charge is 0.258 e. The second-order valence-electron chi connectivity index (χ2n) is 6.33. The van der Waals surface area contributed by atoms with Gasteiger partial charge in [0, 0.05) is 16.1 Å². The molecule has 0 bridgehead atoms. The third-order valence-corrected chi connectivity index (χ3v) is 5.54. The molecule has 7 heteroatoms. The Morgan fingerprint density at radius 2 is 2.04 bits per heavy atom. The number of anilines is 1. The van der Waals surface area contributed by atoms with Crippen molar-refractivity contribution in [3.05, 3.63) is 81.8 Å². The van der Waals surface area contributed by atoms with Crippen LogP contribution in [0.3, 0.4) is 0 Å². The standard InChI is InChI=1S/C21H17FN2O3S/c1-27-17-6-3-2-5-14(17)21(26)24-12-19(25)23-16-9-8-13(22)11-15(16)20(24)18-7-4-10-28-18/h2-11,20H,12H2,1H3,(H,23,25). The van der Waals surface area contributed by atoms with Gasteiger partial charge in [0.2, 0.25) is 5.91 Å². The Morgan fingerprint density at radius 1 is 1.21 bits per heavy atom. The molecular weight excluding hydrogens is 379 g/mol. The van der Waals surface area contributed by atoms with E-state index in [4.69, 9.17) is 4.74 Å². The van der Waals surface area contributed by atoms with Crippen molar-refractivity contribution >= 4 is 28.8 Å². The first-order valence-corrected chi connectivity index (χ1v) is 9.53. The van der Waals surface area contributed by atoms with E-state index < -0.39 is 11.9 Å². The first kappa shape index (κ1) is 18.2. The molecular formula is C21H17FN2O3S. The summed E-state index contributed by atoms with van der Waals surface area (Å²) in [7, 11) is 1.49. The van der Waals surface area contributed by atoms with Gasteiger partial charge in [-0.1, -0.05) is 18.2 Å². The molecule has 1 aliphatic heterocycles. The van der Waals surface area contributed by atoms with E-state index in [1.165, 1.54) is 41.5 Å². The van der Waals surface area contributed by atoms with Crippen LogP contribution in [0.2, 0.25) is 0 Å². The summed E-state index contributed by atoms with van der Waals surface area (Å²) in [5.74, 6) is -0.707. The first-order chi connectivity index (χ1) is 13.6. The van der Waals surface area contributed by atoms with Gasteiger partial charge in [0.05, 0.1) is 18.7 Å². The van der Waals surface area contributed by atoms with E-state index in [2.05, 4.69) is 5.32 Å². The van der Waals surface area contributed by atoms with Gasteiger partial charge in [0.25, 0.3) is 5.91 Å². The lowest BCUT2D eigenvalue weighted by Crippen LogP contribution is -2.38. The number of fused-ring (bicyclic) bond motifs is 1. The lowest BCUT2D eigenvalue weighted by Gasteiger charge is -2.30. The molecule has 142 valence electrons. The lowest BCUT2D eigenvalue weighted by molar-refractivity contribution is -0.117. The number of rotatable bonds is 3. The Morgan fingerprint density at radius 3 is 2.79 bits per heavy atom. The Bertz CT molecular complexity index is 1040. The quantitative estimate of drug-likeness (QED) is 0.726. The molecule has 0 aliphatic carbocycles. The molecule has 0 saturated carbocycles. The monoisotopic (exact) mass is 396 g/mol. The number of thiophene rings is 1. The molecule has 3 aromatic rings. The van der Waals surface area contributed by atoms with E-state index in [-0.39, 0.29) is 18.4 Å². The molecule has 0 fully saturated rings. The molecule has 1 unspecified atom stereocenters. The molecule has 1 aromatic heterocycles. The van der Waals surface area contributed by atoms with Gasteiger partial charge < -0.3 is 15.0 Å². The molecule has 0 saturated heterocycles. The van der Waals surface area contributed by atoms with Crippen LogP contribution in [0.5, 0.6) is 5.75 Å². The fourth-order valence-corrected chi connectivity index (χ4v) is 4.25. The van der Waals surface area contributed by atoms with Gasteiger partial charge in [0.1, 0.15) is 18.1 Å². The molecule has 2 aromatic carbocycles. The number of halogens is 1. The summed E-state index contributed by atoms with van der Waals surface area (Å²) in [6.45, 7) is -0.157. The minimum Gasteiger partial charge on any atom is -0.496 e. The summed E-state index contributed by atoms with van der Waals surface area (Å²) in [5, 5.41) is 4.67. The van der Waals surface area contributed by atoms with Crippen LogP contribution in [0.1, 0.15) is 26.8 Å². The lowest BCUT2D eigenvalue weighted by atomic mass is 10.0. The molecule has 5 nitrogen and oxygen atoms in total. The zero-order valence-electron chi connectivity index (χ0n) is 15.0. The molecule has 2 amide bonds. The fraction of sp³-hybridized carbons (Fsp3) is 0.143. The second-order valence-corrected chi connectivity index (χ2v) is 7.31. The zero-order chi connectivity index (χ0) is 19.7. The maximum Gasteiger partial charge on any atom is 0.258 e. The number of ether oxygens (including phenoxy) is 1. The number of benzene rings is 2. The van der Waals surface area contributed by atoms with Crippen LogP contribution in [0.4, 0.5) is 10.1 Å².